The molecule has 34 heavy (non-hydrogen) atoms. The van der Waals surface area contributed by atoms with Gasteiger partial charge < -0.3 is 20.1 Å². The summed E-state index contributed by atoms with van der Waals surface area (Å²) in [7, 11) is 1.65. The van der Waals surface area contributed by atoms with Crippen LogP contribution in [0.5, 0.6) is 0 Å². The minimum Gasteiger partial charge on any atom is -0.481 e. The van der Waals surface area contributed by atoms with E-state index in [2.05, 4.69) is 29.6 Å². The van der Waals surface area contributed by atoms with Gasteiger partial charge in [0.25, 0.3) is 0 Å². The fourth-order valence-corrected chi connectivity index (χ4v) is 5.30. The number of carboxylic acid groups (broad SMARTS) is 1. The average Bonchev–Trinajstić information content (AvgIpc) is 3.18. The van der Waals surface area contributed by atoms with Gasteiger partial charge in [0.05, 0.1) is 6.42 Å². The van der Waals surface area contributed by atoms with E-state index in [0.717, 1.165) is 25.7 Å². The van der Waals surface area contributed by atoms with Crippen molar-refractivity contribution in [2.24, 2.45) is 11.8 Å². The Bertz CT molecular complexity index is 1010. The smallest absolute Gasteiger partial charge is 0.407 e. The average molecular weight is 465 g/mol. The second-order valence-corrected chi connectivity index (χ2v) is 9.26. The Morgan fingerprint density at radius 2 is 1.62 bits per heavy atom. The lowest BCUT2D eigenvalue weighted by molar-refractivity contribution is -0.140. The standard InChI is InChI=1S/C27H32N2O5/c1-29(15-14-25(30)31)26(32)19-9-3-2-8-18(19)16-28-27(33)34-17-24-22-12-6-4-10-20(22)21-11-5-7-13-23(21)24/h4-7,10-13,18-19,24H,2-3,8-9,14-17H2,1H3,(H,28,33)(H,30,31)/t18-,19-/m0/s1. The summed E-state index contributed by atoms with van der Waals surface area (Å²) in [5, 5.41) is 11.8. The third-order valence-electron chi connectivity index (χ3n) is 7.12. The summed E-state index contributed by atoms with van der Waals surface area (Å²) in [4.78, 5) is 37.8. The zero-order valence-corrected chi connectivity index (χ0v) is 19.5. The van der Waals surface area contributed by atoms with Gasteiger partial charge in [-0.1, -0.05) is 61.4 Å². The van der Waals surface area contributed by atoms with Crippen LogP contribution in [0.25, 0.3) is 11.1 Å². The molecule has 0 saturated heterocycles. The van der Waals surface area contributed by atoms with Crippen molar-refractivity contribution >= 4 is 18.0 Å². The topological polar surface area (TPSA) is 95.9 Å². The van der Waals surface area contributed by atoms with E-state index in [4.69, 9.17) is 9.84 Å². The van der Waals surface area contributed by atoms with Crippen LogP contribution in [-0.2, 0) is 14.3 Å². The molecule has 1 fully saturated rings. The number of fused-ring (bicyclic) bond motifs is 3. The number of rotatable bonds is 8. The van der Waals surface area contributed by atoms with Crippen LogP contribution in [0.2, 0.25) is 0 Å². The number of carboxylic acids is 1. The number of amides is 2. The molecule has 7 heteroatoms. The van der Waals surface area contributed by atoms with Crippen molar-refractivity contribution in [1.82, 2.24) is 10.2 Å². The molecule has 2 atom stereocenters. The minimum atomic E-state index is -0.920. The van der Waals surface area contributed by atoms with E-state index in [1.54, 1.807) is 7.05 Å². The van der Waals surface area contributed by atoms with Gasteiger partial charge in [0.15, 0.2) is 0 Å². The maximum absolute atomic E-state index is 12.9. The highest BCUT2D eigenvalue weighted by atomic mass is 16.5. The number of carbonyl (C=O) groups excluding carboxylic acids is 2. The van der Waals surface area contributed by atoms with Crippen LogP contribution >= 0.6 is 0 Å². The second-order valence-electron chi connectivity index (χ2n) is 9.26. The number of aliphatic carboxylic acids is 1. The molecule has 2 aromatic rings. The molecule has 0 heterocycles. The van der Waals surface area contributed by atoms with Gasteiger partial charge in [0, 0.05) is 32.0 Å². The van der Waals surface area contributed by atoms with Crippen molar-refractivity contribution in [2.75, 3.05) is 26.7 Å². The summed E-state index contributed by atoms with van der Waals surface area (Å²) in [5.74, 6) is -1.14. The second kappa shape index (κ2) is 10.7. The predicted molar refractivity (Wildman–Crippen MR) is 128 cm³/mol. The minimum absolute atomic E-state index is 0.00467. The van der Waals surface area contributed by atoms with E-state index in [9.17, 15) is 14.4 Å². The van der Waals surface area contributed by atoms with Crippen molar-refractivity contribution in [1.29, 1.82) is 0 Å². The van der Waals surface area contributed by atoms with Gasteiger partial charge in [-0.05, 0) is 41.0 Å². The number of benzene rings is 2. The maximum atomic E-state index is 12.9. The fraction of sp³-hybridized carbons (Fsp3) is 0.444. The summed E-state index contributed by atoms with van der Waals surface area (Å²) in [5.41, 5.74) is 4.70. The first-order valence-electron chi connectivity index (χ1n) is 12.0. The molecule has 180 valence electrons. The van der Waals surface area contributed by atoms with Crippen molar-refractivity contribution in [2.45, 2.75) is 38.0 Å². The summed E-state index contributed by atoms with van der Waals surface area (Å²) in [6.45, 7) is 0.821. The highest BCUT2D eigenvalue weighted by molar-refractivity contribution is 5.80. The third-order valence-corrected chi connectivity index (χ3v) is 7.12. The summed E-state index contributed by atoms with van der Waals surface area (Å²) < 4.78 is 5.63. The SMILES string of the molecule is CN(CCC(=O)O)C(=O)[C@H]1CCCC[C@H]1CNC(=O)OCC1c2ccccc2-c2ccccc21. The van der Waals surface area contributed by atoms with E-state index < -0.39 is 12.1 Å². The van der Waals surface area contributed by atoms with Crippen LogP contribution in [0.3, 0.4) is 0 Å². The normalized spacial score (nSPS) is 19.1. The van der Waals surface area contributed by atoms with Gasteiger partial charge in [-0.2, -0.15) is 0 Å². The molecule has 2 N–H and O–H groups in total. The molecule has 2 amide bonds. The Morgan fingerprint density at radius 3 is 2.26 bits per heavy atom. The largest absolute Gasteiger partial charge is 0.481 e. The first-order chi connectivity index (χ1) is 16.5. The molecule has 7 nitrogen and oxygen atoms in total. The Morgan fingerprint density at radius 1 is 1.00 bits per heavy atom. The van der Waals surface area contributed by atoms with Crippen molar-refractivity contribution in [3.8, 4) is 11.1 Å². The third kappa shape index (κ3) is 5.24. The molecule has 0 bridgehead atoms. The highest BCUT2D eigenvalue weighted by Gasteiger charge is 2.33. The molecule has 2 aliphatic rings. The van der Waals surface area contributed by atoms with Gasteiger partial charge in [-0.15, -0.1) is 0 Å². The number of nitrogens with one attached hydrogen (secondary N) is 1. The molecule has 0 unspecified atom stereocenters. The van der Waals surface area contributed by atoms with E-state index >= 15 is 0 Å². The number of carbonyl (C=O) groups is 3. The van der Waals surface area contributed by atoms with E-state index in [0.29, 0.717) is 6.54 Å². The van der Waals surface area contributed by atoms with Crippen molar-refractivity contribution < 1.29 is 24.2 Å². The van der Waals surface area contributed by atoms with Gasteiger partial charge in [-0.25, -0.2) is 4.79 Å². The number of hydrogen-bond donors (Lipinski definition) is 2. The van der Waals surface area contributed by atoms with Crippen LogP contribution in [0.1, 0.15) is 49.1 Å². The van der Waals surface area contributed by atoms with Crippen molar-refractivity contribution in [3.05, 3.63) is 59.7 Å². The molecule has 0 radical (unpaired) electrons. The molecule has 1 saturated carbocycles. The Hall–Kier alpha value is -3.35. The molecular weight excluding hydrogens is 432 g/mol. The van der Waals surface area contributed by atoms with Gasteiger partial charge in [-0.3, -0.25) is 9.59 Å². The van der Waals surface area contributed by atoms with E-state index in [-0.39, 0.29) is 43.2 Å². The monoisotopic (exact) mass is 464 g/mol. The predicted octanol–water partition coefficient (Wildman–Crippen LogP) is 4.26. The molecule has 4 rings (SSSR count). The van der Waals surface area contributed by atoms with Crippen LogP contribution < -0.4 is 5.32 Å². The Kier molecular flexibility index (Phi) is 7.50. The summed E-state index contributed by atoms with van der Waals surface area (Å²) >= 11 is 0. The quantitative estimate of drug-likeness (QED) is 0.608. The lowest BCUT2D eigenvalue weighted by atomic mass is 9.78. The lowest BCUT2D eigenvalue weighted by Gasteiger charge is -2.33. The fourth-order valence-electron chi connectivity index (χ4n) is 5.30. The van der Waals surface area contributed by atoms with Gasteiger partial charge >= 0.3 is 12.1 Å². The van der Waals surface area contributed by atoms with Gasteiger partial charge in [0.1, 0.15) is 6.61 Å². The number of alkyl carbamates (subject to hydrolysis) is 1. The lowest BCUT2D eigenvalue weighted by Crippen LogP contribution is -2.43. The first kappa shape index (κ1) is 23.8. The molecule has 0 spiro atoms. The Labute approximate surface area is 200 Å². The number of hydrogen-bond acceptors (Lipinski definition) is 4. The number of nitrogens with zero attached hydrogens (tertiary/aromatic N) is 1. The number of ether oxygens (including phenoxy) is 1. The molecule has 2 aromatic carbocycles. The molecule has 0 aliphatic heterocycles. The Balaban J connectivity index is 1.32. The summed E-state index contributed by atoms with van der Waals surface area (Å²) in [6, 6.07) is 16.4. The maximum Gasteiger partial charge on any atom is 0.407 e. The molecule has 2 aliphatic carbocycles. The molecule has 0 aromatic heterocycles. The molecular formula is C27H32N2O5. The van der Waals surface area contributed by atoms with E-state index in [1.165, 1.54) is 27.2 Å². The van der Waals surface area contributed by atoms with E-state index in [1.807, 2.05) is 24.3 Å². The van der Waals surface area contributed by atoms with Gasteiger partial charge in [0.2, 0.25) is 5.91 Å². The van der Waals surface area contributed by atoms with Crippen LogP contribution in [0.15, 0.2) is 48.5 Å². The van der Waals surface area contributed by atoms with Crippen LogP contribution in [0, 0.1) is 11.8 Å². The zero-order chi connectivity index (χ0) is 24.1. The van der Waals surface area contributed by atoms with Crippen LogP contribution in [-0.4, -0.2) is 54.7 Å². The highest BCUT2D eigenvalue weighted by Crippen LogP contribution is 2.44. The first-order valence-corrected chi connectivity index (χ1v) is 12.0. The zero-order valence-electron chi connectivity index (χ0n) is 19.5. The summed E-state index contributed by atoms with van der Waals surface area (Å²) in [6.07, 6.45) is 3.04. The van der Waals surface area contributed by atoms with Crippen LogP contribution in [0.4, 0.5) is 4.79 Å². The van der Waals surface area contributed by atoms with Crippen molar-refractivity contribution in [3.63, 3.8) is 0 Å².